The van der Waals surface area contributed by atoms with Gasteiger partial charge in [0, 0.05) is 51.4 Å². The summed E-state index contributed by atoms with van der Waals surface area (Å²) in [5, 5.41) is 0. The van der Waals surface area contributed by atoms with Crippen LogP contribution in [0.3, 0.4) is 0 Å². The molecule has 0 spiro atoms. The van der Waals surface area contributed by atoms with Gasteiger partial charge in [-0.25, -0.2) is 0 Å². The number of aryl methyl sites for hydroxylation is 3. The molecular weight excluding hydrogens is 464 g/mol. The Kier molecular flexibility index (Phi) is 4.89. The summed E-state index contributed by atoms with van der Waals surface area (Å²) in [5.41, 5.74) is 5.91. The van der Waals surface area contributed by atoms with Crippen molar-refractivity contribution in [2.45, 2.75) is 20.8 Å². The van der Waals surface area contributed by atoms with Crippen molar-refractivity contribution in [3.8, 4) is 17.1 Å². The van der Waals surface area contributed by atoms with Gasteiger partial charge in [0.2, 0.25) is 0 Å². The predicted octanol–water partition coefficient (Wildman–Crippen LogP) is 4.15. The predicted molar refractivity (Wildman–Crippen MR) is 87.3 cm³/mol. The zero-order valence-corrected chi connectivity index (χ0v) is 15.9. The summed E-state index contributed by atoms with van der Waals surface area (Å²) in [7, 11) is 2.04. The maximum Gasteiger partial charge on any atom is 0.111 e. The summed E-state index contributed by atoms with van der Waals surface area (Å²) in [6.07, 6.45) is 5.85. The molecule has 1 aromatic carbocycles. The van der Waals surface area contributed by atoms with Crippen molar-refractivity contribution in [1.29, 1.82) is 0 Å². The third kappa shape index (κ3) is 2.88. The van der Waals surface area contributed by atoms with Gasteiger partial charge < -0.3 is 9.13 Å². The van der Waals surface area contributed by atoms with E-state index in [1.165, 1.54) is 11.3 Å². The second-order valence-electron chi connectivity index (χ2n) is 5.50. The molecule has 1 radical (unpaired) electrons. The number of hydrogen-bond acceptors (Lipinski definition) is 1. The average Bonchev–Trinajstić information content (AvgIpc) is 3.05. The van der Waals surface area contributed by atoms with Crippen molar-refractivity contribution in [1.82, 2.24) is 14.1 Å². The van der Waals surface area contributed by atoms with E-state index in [0.29, 0.717) is 5.69 Å². The van der Waals surface area contributed by atoms with E-state index in [-0.39, 0.29) is 20.1 Å². The van der Waals surface area contributed by atoms with E-state index in [2.05, 4.69) is 45.1 Å². The van der Waals surface area contributed by atoms with Crippen molar-refractivity contribution in [2.75, 3.05) is 0 Å². The average molecular weight is 482 g/mol. The van der Waals surface area contributed by atoms with Crippen LogP contribution in [0.25, 0.3) is 21.9 Å². The van der Waals surface area contributed by atoms with Gasteiger partial charge in [0.05, 0.1) is 18.1 Å². The van der Waals surface area contributed by atoms with E-state index < -0.39 is 0 Å². The van der Waals surface area contributed by atoms with Crippen LogP contribution in [0.5, 0.6) is 0 Å². The first-order chi connectivity index (χ1) is 10.5. The molecule has 0 saturated carbocycles. The van der Waals surface area contributed by atoms with Crippen LogP contribution in [-0.2, 0) is 27.2 Å². The molecular formula is C18H17IrN4-. The van der Waals surface area contributed by atoms with Crippen molar-refractivity contribution >= 4 is 5.69 Å². The number of benzene rings is 1. The molecule has 0 unspecified atom stereocenters. The summed E-state index contributed by atoms with van der Waals surface area (Å²) >= 11 is 0. The fraction of sp³-hybridized carbons (Fsp3) is 0.222. The van der Waals surface area contributed by atoms with Gasteiger partial charge in [-0.1, -0.05) is 6.92 Å². The van der Waals surface area contributed by atoms with Gasteiger partial charge in [0.1, 0.15) is 5.69 Å². The fourth-order valence-electron chi connectivity index (χ4n) is 2.75. The molecule has 0 amide bonds. The molecule has 0 fully saturated rings. The topological polar surface area (TPSA) is 27.1 Å². The molecule has 119 valence electrons. The van der Waals surface area contributed by atoms with Crippen LogP contribution in [0.15, 0.2) is 30.7 Å². The Morgan fingerprint density at radius 3 is 2.57 bits per heavy atom. The number of hydrogen-bond donors (Lipinski definition) is 0. The third-order valence-corrected chi connectivity index (χ3v) is 4.00. The van der Waals surface area contributed by atoms with Crippen molar-refractivity contribution in [2.24, 2.45) is 7.05 Å². The Balaban J connectivity index is 0.00000192. The molecule has 2 heterocycles. The first-order valence-electron chi connectivity index (χ1n) is 7.09. The summed E-state index contributed by atoms with van der Waals surface area (Å²) < 4.78 is 4.18. The summed E-state index contributed by atoms with van der Waals surface area (Å²) in [6.45, 7) is 13.4. The Hall–Kier alpha value is -2.15. The minimum atomic E-state index is 0. The molecule has 2 aromatic heterocycles. The van der Waals surface area contributed by atoms with Crippen LogP contribution < -0.4 is 0 Å². The van der Waals surface area contributed by atoms with Gasteiger partial charge in [-0.15, -0.1) is 23.3 Å². The van der Waals surface area contributed by atoms with Gasteiger partial charge in [0.15, 0.2) is 0 Å². The van der Waals surface area contributed by atoms with Crippen LogP contribution in [0.1, 0.15) is 16.8 Å². The van der Waals surface area contributed by atoms with Crippen molar-refractivity contribution in [3.63, 3.8) is 0 Å². The minimum Gasteiger partial charge on any atom is -0.353 e. The molecule has 3 aromatic rings. The Bertz CT molecular complexity index is 896. The van der Waals surface area contributed by atoms with E-state index in [1.807, 2.05) is 32.3 Å². The molecule has 3 rings (SSSR count). The second kappa shape index (κ2) is 6.54. The van der Waals surface area contributed by atoms with Crippen LogP contribution in [0, 0.1) is 33.4 Å². The summed E-state index contributed by atoms with van der Waals surface area (Å²) in [5.74, 6) is 0.808. The first kappa shape index (κ1) is 17.2. The monoisotopic (exact) mass is 482 g/mol. The maximum absolute atomic E-state index is 7.28. The largest absolute Gasteiger partial charge is 0.353 e. The van der Waals surface area contributed by atoms with Crippen LogP contribution in [-0.4, -0.2) is 14.1 Å². The van der Waals surface area contributed by atoms with E-state index >= 15 is 0 Å². The maximum atomic E-state index is 7.28. The normalized spacial score (nSPS) is 10.2. The second-order valence-corrected chi connectivity index (χ2v) is 5.50. The molecule has 23 heavy (non-hydrogen) atoms. The smallest absolute Gasteiger partial charge is 0.111 e. The van der Waals surface area contributed by atoms with Gasteiger partial charge in [-0.2, -0.15) is 6.07 Å². The summed E-state index contributed by atoms with van der Waals surface area (Å²) in [6, 6.07) is 6.95. The molecule has 0 atom stereocenters. The van der Waals surface area contributed by atoms with E-state index in [4.69, 9.17) is 6.57 Å². The van der Waals surface area contributed by atoms with Gasteiger partial charge >= 0.3 is 0 Å². The summed E-state index contributed by atoms with van der Waals surface area (Å²) in [4.78, 5) is 8.05. The molecule has 0 aliphatic heterocycles. The van der Waals surface area contributed by atoms with E-state index in [9.17, 15) is 0 Å². The number of rotatable bonds is 2. The first-order valence-corrected chi connectivity index (χ1v) is 7.09. The quantitative estimate of drug-likeness (QED) is 0.506. The van der Waals surface area contributed by atoms with Crippen LogP contribution in [0.2, 0.25) is 0 Å². The van der Waals surface area contributed by atoms with Crippen LogP contribution >= 0.6 is 0 Å². The molecule has 0 bridgehead atoms. The third-order valence-electron chi connectivity index (χ3n) is 4.00. The Labute approximate surface area is 150 Å². The number of aromatic nitrogens is 3. The molecule has 0 N–H and O–H groups in total. The Morgan fingerprint density at radius 1 is 1.22 bits per heavy atom. The fourth-order valence-corrected chi connectivity index (χ4v) is 2.75. The molecule has 0 aliphatic rings. The van der Waals surface area contributed by atoms with Crippen molar-refractivity contribution in [3.05, 3.63) is 65.0 Å². The van der Waals surface area contributed by atoms with Crippen molar-refractivity contribution < 1.29 is 20.1 Å². The van der Waals surface area contributed by atoms with Gasteiger partial charge in [0.25, 0.3) is 0 Å². The van der Waals surface area contributed by atoms with Crippen LogP contribution in [0.4, 0.5) is 5.69 Å². The molecule has 5 heteroatoms. The van der Waals surface area contributed by atoms with E-state index in [1.54, 1.807) is 6.20 Å². The number of imidazole rings is 1. The SMILES string of the molecule is [C-]#[N+]c1cc(-c2nccn2-c2c(C)cn(C)c2C)[c-]cc1C.[Ir]. The van der Waals surface area contributed by atoms with E-state index in [0.717, 1.165) is 22.6 Å². The minimum absolute atomic E-state index is 0. The van der Waals surface area contributed by atoms with Gasteiger partial charge in [-0.3, -0.25) is 9.83 Å². The molecule has 4 nitrogen and oxygen atoms in total. The molecule has 0 aliphatic carbocycles. The zero-order chi connectivity index (χ0) is 15.9. The molecule has 0 saturated heterocycles. The Morgan fingerprint density at radius 2 is 1.96 bits per heavy atom. The standard InChI is InChI=1S/C18H17N4.Ir/c1-12-6-7-15(10-16(12)19-4)18-20-8-9-22(18)17-13(2)11-21(5)14(17)3;/h6,8-11H,1-3,5H3;/q-1;. The van der Waals surface area contributed by atoms with Gasteiger partial charge in [-0.05, 0) is 19.4 Å². The number of nitrogens with zero attached hydrogens (tertiary/aromatic N) is 4. The zero-order valence-electron chi connectivity index (χ0n) is 13.5.